The molecule has 1 atom stereocenters. The van der Waals surface area contributed by atoms with E-state index < -0.39 is 0 Å². The molecule has 0 saturated carbocycles. The highest BCUT2D eigenvalue weighted by molar-refractivity contribution is 5.38. The first-order valence-corrected chi connectivity index (χ1v) is 5.40. The second-order valence-electron chi connectivity index (χ2n) is 3.75. The van der Waals surface area contributed by atoms with Crippen LogP contribution in [0.2, 0.25) is 0 Å². The molecule has 1 aromatic heterocycles. The number of aromatic nitrogens is 4. The van der Waals surface area contributed by atoms with Gasteiger partial charge in [-0.15, -0.1) is 0 Å². The van der Waals surface area contributed by atoms with Crippen molar-refractivity contribution in [1.29, 1.82) is 0 Å². The maximum Gasteiger partial charge on any atom is 0.248 e. The van der Waals surface area contributed by atoms with Crippen LogP contribution in [-0.2, 0) is 4.74 Å². The van der Waals surface area contributed by atoms with Crippen LogP contribution in [0.25, 0.3) is 5.69 Å². The van der Waals surface area contributed by atoms with Crippen LogP contribution in [0.4, 0.5) is 5.95 Å². The van der Waals surface area contributed by atoms with Gasteiger partial charge in [-0.05, 0) is 29.5 Å². The van der Waals surface area contributed by atoms with E-state index in [1.54, 1.807) is 11.8 Å². The molecule has 1 unspecified atom stereocenters. The van der Waals surface area contributed by atoms with E-state index in [0.717, 1.165) is 5.69 Å². The standard InChI is InChI=1S/C11H15N5O/c1-9(8-17-2)12-11-13-14-15-16(11)10-6-4-3-5-7-10/h3-7,9H,8H2,1-2H3,(H,12,13,15). The molecule has 90 valence electrons. The fourth-order valence-electron chi connectivity index (χ4n) is 1.53. The van der Waals surface area contributed by atoms with Gasteiger partial charge < -0.3 is 10.1 Å². The van der Waals surface area contributed by atoms with Gasteiger partial charge >= 0.3 is 0 Å². The molecule has 0 fully saturated rings. The summed E-state index contributed by atoms with van der Waals surface area (Å²) in [5, 5.41) is 14.8. The zero-order valence-corrected chi connectivity index (χ0v) is 9.87. The van der Waals surface area contributed by atoms with Crippen LogP contribution >= 0.6 is 0 Å². The molecule has 0 aliphatic heterocycles. The quantitative estimate of drug-likeness (QED) is 0.838. The van der Waals surface area contributed by atoms with Crippen molar-refractivity contribution in [2.45, 2.75) is 13.0 Å². The molecule has 0 bridgehead atoms. The summed E-state index contributed by atoms with van der Waals surface area (Å²) in [5.74, 6) is 0.612. The molecular weight excluding hydrogens is 218 g/mol. The number of anilines is 1. The van der Waals surface area contributed by atoms with Gasteiger partial charge in [0.15, 0.2) is 0 Å². The average Bonchev–Trinajstić information content (AvgIpc) is 2.78. The number of benzene rings is 1. The molecule has 1 heterocycles. The Hall–Kier alpha value is -1.95. The molecule has 2 rings (SSSR count). The molecular formula is C11H15N5O. The van der Waals surface area contributed by atoms with E-state index in [1.807, 2.05) is 37.3 Å². The predicted octanol–water partition coefficient (Wildman–Crippen LogP) is 1.11. The fourth-order valence-corrected chi connectivity index (χ4v) is 1.53. The highest BCUT2D eigenvalue weighted by Gasteiger charge is 2.10. The first-order chi connectivity index (χ1) is 8.31. The van der Waals surface area contributed by atoms with Crippen molar-refractivity contribution in [3.8, 4) is 5.69 Å². The molecule has 0 saturated heterocycles. The van der Waals surface area contributed by atoms with E-state index in [4.69, 9.17) is 4.74 Å². The van der Waals surface area contributed by atoms with Crippen LogP contribution in [0.15, 0.2) is 30.3 Å². The van der Waals surface area contributed by atoms with E-state index in [1.165, 1.54) is 0 Å². The van der Waals surface area contributed by atoms with Gasteiger partial charge in [-0.25, -0.2) is 0 Å². The maximum atomic E-state index is 5.06. The van der Waals surface area contributed by atoms with E-state index >= 15 is 0 Å². The van der Waals surface area contributed by atoms with Crippen LogP contribution in [0.3, 0.4) is 0 Å². The molecule has 0 spiro atoms. The molecule has 0 radical (unpaired) electrons. The minimum absolute atomic E-state index is 0.147. The summed E-state index contributed by atoms with van der Waals surface area (Å²) < 4.78 is 6.72. The smallest absolute Gasteiger partial charge is 0.248 e. The van der Waals surface area contributed by atoms with Crippen molar-refractivity contribution in [2.75, 3.05) is 19.0 Å². The summed E-state index contributed by atoms with van der Waals surface area (Å²) >= 11 is 0. The third-order valence-corrected chi connectivity index (χ3v) is 2.26. The summed E-state index contributed by atoms with van der Waals surface area (Å²) in [6.45, 7) is 2.61. The SMILES string of the molecule is COCC(C)Nc1nnnn1-c1ccccc1. The lowest BCUT2D eigenvalue weighted by atomic mass is 10.3. The Bertz CT molecular complexity index is 456. The number of tetrazole rings is 1. The number of nitrogens with one attached hydrogen (secondary N) is 1. The van der Waals surface area contributed by atoms with Gasteiger partial charge in [0, 0.05) is 13.2 Å². The van der Waals surface area contributed by atoms with Gasteiger partial charge in [0.05, 0.1) is 12.3 Å². The first kappa shape index (κ1) is 11.5. The normalized spacial score (nSPS) is 12.4. The Morgan fingerprint density at radius 1 is 1.35 bits per heavy atom. The number of hydrogen-bond acceptors (Lipinski definition) is 5. The third-order valence-electron chi connectivity index (χ3n) is 2.26. The van der Waals surface area contributed by atoms with Gasteiger partial charge in [0.1, 0.15) is 0 Å². The number of hydrogen-bond donors (Lipinski definition) is 1. The lowest BCUT2D eigenvalue weighted by Crippen LogP contribution is -2.23. The van der Waals surface area contributed by atoms with Crippen LogP contribution in [0.1, 0.15) is 6.92 Å². The highest BCUT2D eigenvalue weighted by Crippen LogP contribution is 2.11. The lowest BCUT2D eigenvalue weighted by Gasteiger charge is -2.13. The Labute approximate surface area is 99.6 Å². The second kappa shape index (κ2) is 5.40. The summed E-state index contributed by atoms with van der Waals surface area (Å²) in [6.07, 6.45) is 0. The molecule has 0 aliphatic rings. The molecule has 17 heavy (non-hydrogen) atoms. The Balaban J connectivity index is 2.18. The summed E-state index contributed by atoms with van der Waals surface area (Å²) in [4.78, 5) is 0. The number of rotatable bonds is 5. The predicted molar refractivity (Wildman–Crippen MR) is 64.1 cm³/mol. The molecule has 1 aromatic carbocycles. The number of methoxy groups -OCH3 is 1. The fraction of sp³-hybridized carbons (Fsp3) is 0.364. The minimum Gasteiger partial charge on any atom is -0.383 e. The van der Waals surface area contributed by atoms with Crippen molar-refractivity contribution in [1.82, 2.24) is 20.2 Å². The third kappa shape index (κ3) is 2.79. The van der Waals surface area contributed by atoms with Crippen molar-refractivity contribution >= 4 is 5.95 Å². The Morgan fingerprint density at radius 2 is 2.12 bits per heavy atom. The van der Waals surface area contributed by atoms with Gasteiger partial charge in [-0.3, -0.25) is 0 Å². The molecule has 6 nitrogen and oxygen atoms in total. The van der Waals surface area contributed by atoms with Crippen molar-refractivity contribution < 1.29 is 4.74 Å². The monoisotopic (exact) mass is 233 g/mol. The van der Waals surface area contributed by atoms with Crippen LogP contribution in [0, 0.1) is 0 Å². The molecule has 2 aromatic rings. The van der Waals surface area contributed by atoms with Crippen molar-refractivity contribution in [2.24, 2.45) is 0 Å². The van der Waals surface area contributed by atoms with Gasteiger partial charge in [0.2, 0.25) is 5.95 Å². The van der Waals surface area contributed by atoms with E-state index in [2.05, 4.69) is 20.8 Å². The zero-order valence-electron chi connectivity index (χ0n) is 9.87. The van der Waals surface area contributed by atoms with E-state index in [0.29, 0.717) is 12.6 Å². The minimum atomic E-state index is 0.147. The molecule has 1 N–H and O–H groups in total. The van der Waals surface area contributed by atoms with Crippen molar-refractivity contribution in [3.63, 3.8) is 0 Å². The lowest BCUT2D eigenvalue weighted by molar-refractivity contribution is 0.190. The van der Waals surface area contributed by atoms with Crippen LogP contribution < -0.4 is 5.32 Å². The van der Waals surface area contributed by atoms with Gasteiger partial charge in [-0.1, -0.05) is 23.3 Å². The zero-order chi connectivity index (χ0) is 12.1. The Kier molecular flexibility index (Phi) is 3.66. The first-order valence-electron chi connectivity index (χ1n) is 5.40. The van der Waals surface area contributed by atoms with Crippen LogP contribution in [-0.4, -0.2) is 40.0 Å². The number of para-hydroxylation sites is 1. The maximum absolute atomic E-state index is 5.06. The number of nitrogens with zero attached hydrogens (tertiary/aromatic N) is 4. The van der Waals surface area contributed by atoms with E-state index in [-0.39, 0.29) is 6.04 Å². The summed E-state index contributed by atoms with van der Waals surface area (Å²) in [5.41, 5.74) is 0.921. The number of ether oxygens (including phenoxy) is 1. The van der Waals surface area contributed by atoms with E-state index in [9.17, 15) is 0 Å². The highest BCUT2D eigenvalue weighted by atomic mass is 16.5. The second-order valence-corrected chi connectivity index (χ2v) is 3.75. The van der Waals surface area contributed by atoms with Crippen molar-refractivity contribution in [3.05, 3.63) is 30.3 Å². The molecule has 6 heteroatoms. The summed E-state index contributed by atoms with van der Waals surface area (Å²) in [7, 11) is 1.67. The summed E-state index contributed by atoms with van der Waals surface area (Å²) in [6, 6.07) is 9.88. The molecule has 0 amide bonds. The molecule has 0 aliphatic carbocycles. The van der Waals surface area contributed by atoms with Gasteiger partial charge in [0.25, 0.3) is 0 Å². The largest absolute Gasteiger partial charge is 0.383 e. The van der Waals surface area contributed by atoms with Crippen LogP contribution in [0.5, 0.6) is 0 Å². The topological polar surface area (TPSA) is 64.9 Å². The van der Waals surface area contributed by atoms with Gasteiger partial charge in [-0.2, -0.15) is 4.68 Å². The Morgan fingerprint density at radius 3 is 2.82 bits per heavy atom. The average molecular weight is 233 g/mol.